The zero-order chi connectivity index (χ0) is 11.7. The SMILES string of the molecule is NC(=O)c1csc(-c2cc(Br)ccc2F)n1. The van der Waals surface area contributed by atoms with Crippen LogP contribution in [0.5, 0.6) is 0 Å². The molecule has 16 heavy (non-hydrogen) atoms. The highest BCUT2D eigenvalue weighted by molar-refractivity contribution is 9.10. The largest absolute Gasteiger partial charge is 0.364 e. The van der Waals surface area contributed by atoms with E-state index in [-0.39, 0.29) is 11.5 Å². The highest BCUT2D eigenvalue weighted by Crippen LogP contribution is 2.28. The molecular weight excluding hydrogens is 295 g/mol. The molecule has 1 amide bonds. The summed E-state index contributed by atoms with van der Waals surface area (Å²) in [5.74, 6) is -0.994. The molecule has 82 valence electrons. The maximum Gasteiger partial charge on any atom is 0.268 e. The predicted octanol–water partition coefficient (Wildman–Crippen LogP) is 2.81. The number of carbonyl (C=O) groups excluding carboxylic acids is 1. The number of thiazole rings is 1. The van der Waals surface area contributed by atoms with Gasteiger partial charge in [-0.1, -0.05) is 15.9 Å². The summed E-state index contributed by atoms with van der Waals surface area (Å²) >= 11 is 4.43. The van der Waals surface area contributed by atoms with Crippen LogP contribution in [0.3, 0.4) is 0 Å². The standard InChI is InChI=1S/C10H6BrFN2OS/c11-5-1-2-7(12)6(3-5)10-14-8(4-16-10)9(13)15/h1-4H,(H2,13,15). The minimum absolute atomic E-state index is 0.152. The van der Waals surface area contributed by atoms with Crippen LogP contribution < -0.4 is 5.73 Å². The number of aromatic nitrogens is 1. The van der Waals surface area contributed by atoms with Crippen LogP contribution in [0.1, 0.15) is 10.5 Å². The van der Waals surface area contributed by atoms with Gasteiger partial charge in [0.15, 0.2) is 0 Å². The second-order valence-corrected chi connectivity index (χ2v) is 4.80. The highest BCUT2D eigenvalue weighted by atomic mass is 79.9. The summed E-state index contributed by atoms with van der Waals surface area (Å²) in [6.07, 6.45) is 0. The van der Waals surface area contributed by atoms with Crippen molar-refractivity contribution in [3.8, 4) is 10.6 Å². The number of hydrogen-bond donors (Lipinski definition) is 1. The first-order valence-corrected chi connectivity index (χ1v) is 5.96. The fraction of sp³-hybridized carbons (Fsp3) is 0. The maximum atomic E-state index is 13.5. The maximum absolute atomic E-state index is 13.5. The molecule has 0 spiro atoms. The molecule has 0 fully saturated rings. The zero-order valence-corrected chi connectivity index (χ0v) is 10.3. The number of halogens is 2. The Hall–Kier alpha value is -1.27. The molecule has 6 heteroatoms. The molecule has 0 saturated heterocycles. The molecule has 0 atom stereocenters. The average Bonchev–Trinajstić information content (AvgIpc) is 2.70. The average molecular weight is 301 g/mol. The fourth-order valence-corrected chi connectivity index (χ4v) is 2.36. The second-order valence-electron chi connectivity index (χ2n) is 3.03. The van der Waals surface area contributed by atoms with E-state index in [1.807, 2.05) is 0 Å². The van der Waals surface area contributed by atoms with E-state index in [4.69, 9.17) is 5.73 Å². The molecule has 0 aliphatic heterocycles. The summed E-state index contributed by atoms with van der Waals surface area (Å²) in [5.41, 5.74) is 5.58. The van der Waals surface area contributed by atoms with Crippen LogP contribution in [0.15, 0.2) is 28.1 Å². The first-order chi connectivity index (χ1) is 7.58. The van der Waals surface area contributed by atoms with Gasteiger partial charge in [0, 0.05) is 15.4 Å². The summed E-state index contributed by atoms with van der Waals surface area (Å²) in [6.45, 7) is 0. The predicted molar refractivity (Wildman–Crippen MR) is 63.7 cm³/mol. The van der Waals surface area contributed by atoms with E-state index in [9.17, 15) is 9.18 Å². The van der Waals surface area contributed by atoms with Gasteiger partial charge in [0.2, 0.25) is 0 Å². The molecule has 0 bridgehead atoms. The third-order valence-electron chi connectivity index (χ3n) is 1.92. The van der Waals surface area contributed by atoms with Crippen molar-refractivity contribution in [1.29, 1.82) is 0 Å². The number of amides is 1. The van der Waals surface area contributed by atoms with Crippen molar-refractivity contribution < 1.29 is 9.18 Å². The molecule has 3 nitrogen and oxygen atoms in total. The smallest absolute Gasteiger partial charge is 0.268 e. The molecule has 2 rings (SSSR count). The van der Waals surface area contributed by atoms with Crippen LogP contribution >= 0.6 is 27.3 Å². The zero-order valence-electron chi connectivity index (χ0n) is 7.91. The normalized spacial score (nSPS) is 10.4. The number of nitrogens with two attached hydrogens (primary N) is 1. The fourth-order valence-electron chi connectivity index (χ4n) is 1.17. The Morgan fingerprint density at radius 1 is 1.50 bits per heavy atom. The van der Waals surface area contributed by atoms with E-state index in [0.29, 0.717) is 10.6 Å². The van der Waals surface area contributed by atoms with Gasteiger partial charge in [0.25, 0.3) is 5.91 Å². The number of nitrogens with zero attached hydrogens (tertiary/aromatic N) is 1. The van der Waals surface area contributed by atoms with Crippen molar-refractivity contribution in [3.05, 3.63) is 39.6 Å². The van der Waals surface area contributed by atoms with E-state index >= 15 is 0 Å². The molecule has 0 unspecified atom stereocenters. The third kappa shape index (κ3) is 2.12. The lowest BCUT2D eigenvalue weighted by molar-refractivity contribution is 0.0996. The van der Waals surface area contributed by atoms with Crippen LogP contribution in [0.25, 0.3) is 10.6 Å². The molecule has 0 aliphatic carbocycles. The molecule has 0 radical (unpaired) electrons. The lowest BCUT2D eigenvalue weighted by atomic mass is 10.2. The molecule has 2 N–H and O–H groups in total. The van der Waals surface area contributed by atoms with E-state index in [1.165, 1.54) is 22.8 Å². The van der Waals surface area contributed by atoms with Crippen molar-refractivity contribution in [1.82, 2.24) is 4.98 Å². The molecule has 1 aromatic carbocycles. The molecule has 1 aromatic heterocycles. The van der Waals surface area contributed by atoms with Crippen molar-refractivity contribution >= 4 is 33.2 Å². The Morgan fingerprint density at radius 2 is 2.25 bits per heavy atom. The van der Waals surface area contributed by atoms with Gasteiger partial charge in [0.1, 0.15) is 16.5 Å². The van der Waals surface area contributed by atoms with E-state index in [2.05, 4.69) is 20.9 Å². The minimum Gasteiger partial charge on any atom is -0.364 e. The van der Waals surface area contributed by atoms with E-state index in [1.54, 1.807) is 12.1 Å². The third-order valence-corrected chi connectivity index (χ3v) is 3.28. The van der Waals surface area contributed by atoms with E-state index in [0.717, 1.165) is 4.47 Å². The van der Waals surface area contributed by atoms with Gasteiger partial charge in [-0.05, 0) is 18.2 Å². The van der Waals surface area contributed by atoms with Crippen molar-refractivity contribution in [2.75, 3.05) is 0 Å². The van der Waals surface area contributed by atoms with Crippen LogP contribution in [0, 0.1) is 5.82 Å². The number of carbonyl (C=O) groups is 1. The Bertz CT molecular complexity index is 556. The molecule has 1 heterocycles. The van der Waals surface area contributed by atoms with Gasteiger partial charge in [-0.3, -0.25) is 4.79 Å². The van der Waals surface area contributed by atoms with Gasteiger partial charge in [-0.25, -0.2) is 9.37 Å². The lowest BCUT2D eigenvalue weighted by Gasteiger charge is -1.99. The molecule has 0 saturated carbocycles. The summed E-state index contributed by atoms with van der Waals surface area (Å²) in [5, 5.41) is 1.95. The molecule has 0 aliphatic rings. The minimum atomic E-state index is -0.613. The quantitative estimate of drug-likeness (QED) is 0.927. The van der Waals surface area contributed by atoms with E-state index < -0.39 is 5.91 Å². The summed E-state index contributed by atoms with van der Waals surface area (Å²) < 4.78 is 14.2. The Kier molecular flexibility index (Phi) is 3.02. The Labute approximate surface area is 103 Å². The summed E-state index contributed by atoms with van der Waals surface area (Å²) in [6, 6.07) is 4.55. The van der Waals surface area contributed by atoms with Crippen LogP contribution in [0.2, 0.25) is 0 Å². The van der Waals surface area contributed by atoms with Gasteiger partial charge >= 0.3 is 0 Å². The van der Waals surface area contributed by atoms with Crippen LogP contribution in [0.4, 0.5) is 4.39 Å². The van der Waals surface area contributed by atoms with Gasteiger partial charge < -0.3 is 5.73 Å². The van der Waals surface area contributed by atoms with Crippen molar-refractivity contribution in [2.24, 2.45) is 5.73 Å². The second kappa shape index (κ2) is 4.31. The highest BCUT2D eigenvalue weighted by Gasteiger charge is 2.12. The monoisotopic (exact) mass is 300 g/mol. The first-order valence-electron chi connectivity index (χ1n) is 4.28. The van der Waals surface area contributed by atoms with Gasteiger partial charge in [-0.2, -0.15) is 0 Å². The Morgan fingerprint density at radius 3 is 2.88 bits per heavy atom. The summed E-state index contributed by atoms with van der Waals surface area (Å²) in [4.78, 5) is 14.8. The Balaban J connectivity index is 2.50. The van der Waals surface area contributed by atoms with Crippen molar-refractivity contribution in [3.63, 3.8) is 0 Å². The van der Waals surface area contributed by atoms with Crippen molar-refractivity contribution in [2.45, 2.75) is 0 Å². The van der Waals surface area contributed by atoms with Crippen LogP contribution in [-0.4, -0.2) is 10.9 Å². The number of hydrogen-bond acceptors (Lipinski definition) is 3. The van der Waals surface area contributed by atoms with Gasteiger partial charge in [0.05, 0.1) is 0 Å². The topological polar surface area (TPSA) is 56.0 Å². The lowest BCUT2D eigenvalue weighted by Crippen LogP contribution is -2.10. The molecular formula is C10H6BrFN2OS. The van der Waals surface area contributed by atoms with Crippen LogP contribution in [-0.2, 0) is 0 Å². The van der Waals surface area contributed by atoms with Gasteiger partial charge in [-0.15, -0.1) is 11.3 Å². The number of primary amides is 1. The molecule has 2 aromatic rings. The number of rotatable bonds is 2. The summed E-state index contributed by atoms with van der Waals surface area (Å²) in [7, 11) is 0. The number of benzene rings is 1. The first kappa shape index (κ1) is 11.2.